The number of carbonyl (C=O) groups is 2. The van der Waals surface area contributed by atoms with Gasteiger partial charge in [0.15, 0.2) is 0 Å². The molecule has 162 valence electrons. The number of amides is 1. The van der Waals surface area contributed by atoms with Gasteiger partial charge in [-0.1, -0.05) is 18.2 Å². The van der Waals surface area contributed by atoms with Gasteiger partial charge in [0.25, 0.3) is 10.0 Å². The normalized spacial score (nSPS) is 11.0. The molecule has 1 amide bonds. The van der Waals surface area contributed by atoms with E-state index in [-0.39, 0.29) is 36.8 Å². The summed E-state index contributed by atoms with van der Waals surface area (Å²) in [5.41, 5.74) is 1.02. The summed E-state index contributed by atoms with van der Waals surface area (Å²) in [5, 5.41) is 2.64. The predicted molar refractivity (Wildman–Crippen MR) is 114 cm³/mol. The Kier molecular flexibility index (Phi) is 8.82. The van der Waals surface area contributed by atoms with Crippen LogP contribution in [0.1, 0.15) is 19.8 Å². The molecule has 30 heavy (non-hydrogen) atoms. The fourth-order valence-corrected chi connectivity index (χ4v) is 4.15. The van der Waals surface area contributed by atoms with Crippen LogP contribution in [0.4, 0.5) is 11.4 Å². The maximum Gasteiger partial charge on any atom is 0.306 e. The lowest BCUT2D eigenvalue weighted by Gasteiger charge is -2.23. The predicted octanol–water partition coefficient (Wildman–Crippen LogP) is 2.81. The van der Waals surface area contributed by atoms with Crippen molar-refractivity contribution in [3.05, 3.63) is 54.6 Å². The first-order valence-electron chi connectivity index (χ1n) is 9.50. The second-order valence-electron chi connectivity index (χ2n) is 6.29. The Labute approximate surface area is 176 Å². The van der Waals surface area contributed by atoms with Crippen LogP contribution in [0.2, 0.25) is 0 Å². The van der Waals surface area contributed by atoms with Gasteiger partial charge in [0.1, 0.15) is 6.61 Å². The van der Waals surface area contributed by atoms with E-state index in [1.54, 1.807) is 31.2 Å². The summed E-state index contributed by atoms with van der Waals surface area (Å²) >= 11 is 0. The first-order chi connectivity index (χ1) is 14.4. The van der Waals surface area contributed by atoms with Crippen LogP contribution in [-0.4, -0.2) is 47.2 Å². The van der Waals surface area contributed by atoms with Crippen LogP contribution in [0, 0.1) is 0 Å². The SMILES string of the molecule is CCN(c1ccccc1)S(=O)(=O)c1ccc(NC(=O)CCC(=O)OCCOC)cc1. The Morgan fingerprint density at radius 3 is 2.23 bits per heavy atom. The highest BCUT2D eigenvalue weighted by Gasteiger charge is 2.23. The molecule has 0 fully saturated rings. The molecule has 8 nitrogen and oxygen atoms in total. The zero-order valence-electron chi connectivity index (χ0n) is 17.0. The van der Waals surface area contributed by atoms with Crippen molar-refractivity contribution < 1.29 is 27.5 Å². The molecule has 0 aliphatic carbocycles. The van der Waals surface area contributed by atoms with Crippen molar-refractivity contribution in [1.82, 2.24) is 0 Å². The number of nitrogens with zero attached hydrogens (tertiary/aromatic N) is 1. The number of methoxy groups -OCH3 is 1. The molecule has 2 aromatic rings. The highest BCUT2D eigenvalue weighted by atomic mass is 32.2. The number of nitrogens with one attached hydrogen (secondary N) is 1. The largest absolute Gasteiger partial charge is 0.463 e. The fraction of sp³-hybridized carbons (Fsp3) is 0.333. The number of para-hydroxylation sites is 1. The van der Waals surface area contributed by atoms with Gasteiger partial charge in [0.05, 0.1) is 23.6 Å². The molecule has 0 radical (unpaired) electrons. The van der Waals surface area contributed by atoms with Gasteiger partial charge in [-0.25, -0.2) is 8.42 Å². The Balaban J connectivity index is 1.97. The second-order valence-corrected chi connectivity index (χ2v) is 8.15. The van der Waals surface area contributed by atoms with E-state index in [0.717, 1.165) is 0 Å². The standard InChI is InChI=1S/C21H26N2O6S/c1-3-23(18-7-5-4-6-8-18)30(26,27)19-11-9-17(10-12-19)22-20(24)13-14-21(25)29-16-15-28-2/h4-12H,3,13-16H2,1-2H3,(H,22,24). The Morgan fingerprint density at radius 2 is 1.63 bits per heavy atom. The third-order valence-corrected chi connectivity index (χ3v) is 6.08. The Morgan fingerprint density at radius 1 is 0.967 bits per heavy atom. The average Bonchev–Trinajstić information content (AvgIpc) is 2.74. The number of anilines is 2. The van der Waals surface area contributed by atoms with Crippen LogP contribution in [0.25, 0.3) is 0 Å². The van der Waals surface area contributed by atoms with Crippen molar-refractivity contribution in [2.45, 2.75) is 24.7 Å². The van der Waals surface area contributed by atoms with Crippen molar-refractivity contribution in [2.75, 3.05) is 36.5 Å². The number of rotatable bonds is 11. The lowest BCUT2D eigenvalue weighted by atomic mass is 10.2. The number of benzene rings is 2. The maximum absolute atomic E-state index is 13.0. The fourth-order valence-electron chi connectivity index (χ4n) is 2.67. The van der Waals surface area contributed by atoms with Crippen LogP contribution < -0.4 is 9.62 Å². The smallest absolute Gasteiger partial charge is 0.306 e. The Hall–Kier alpha value is -2.91. The molecule has 0 spiro atoms. The van der Waals surface area contributed by atoms with E-state index in [9.17, 15) is 18.0 Å². The molecule has 0 bridgehead atoms. The summed E-state index contributed by atoms with van der Waals surface area (Å²) < 4.78 is 36.9. The number of esters is 1. The van der Waals surface area contributed by atoms with Gasteiger partial charge in [0.2, 0.25) is 5.91 Å². The highest BCUT2D eigenvalue weighted by molar-refractivity contribution is 7.92. The number of ether oxygens (including phenoxy) is 2. The molecule has 0 aromatic heterocycles. The van der Waals surface area contributed by atoms with Crippen molar-refractivity contribution in [2.24, 2.45) is 0 Å². The van der Waals surface area contributed by atoms with Crippen LogP contribution in [0.5, 0.6) is 0 Å². The quantitative estimate of drug-likeness (QED) is 0.431. The molecule has 9 heteroatoms. The zero-order valence-corrected chi connectivity index (χ0v) is 17.9. The number of sulfonamides is 1. The zero-order chi connectivity index (χ0) is 22.0. The molecule has 2 aromatic carbocycles. The number of carbonyl (C=O) groups excluding carboxylic acids is 2. The molecule has 2 rings (SSSR count). The van der Waals surface area contributed by atoms with E-state index in [1.165, 1.54) is 35.7 Å². The van der Waals surface area contributed by atoms with Gasteiger partial charge < -0.3 is 14.8 Å². The van der Waals surface area contributed by atoms with Crippen LogP contribution in [0.15, 0.2) is 59.5 Å². The Bertz CT molecular complexity index is 930. The second kappa shape index (κ2) is 11.3. The molecule has 1 N–H and O–H groups in total. The van der Waals surface area contributed by atoms with Gasteiger partial charge in [-0.15, -0.1) is 0 Å². The molecule has 0 unspecified atom stereocenters. The summed E-state index contributed by atoms with van der Waals surface area (Å²) in [6.07, 6.45) is -0.0893. The van der Waals surface area contributed by atoms with Gasteiger partial charge in [-0.05, 0) is 43.3 Å². The molecule has 0 saturated heterocycles. The molecule has 0 atom stereocenters. The van der Waals surface area contributed by atoms with E-state index in [0.29, 0.717) is 18.0 Å². The van der Waals surface area contributed by atoms with E-state index in [1.807, 2.05) is 6.07 Å². The molecular formula is C21H26N2O6S. The monoisotopic (exact) mass is 434 g/mol. The minimum atomic E-state index is -3.73. The summed E-state index contributed by atoms with van der Waals surface area (Å²) in [6.45, 7) is 2.49. The molecule has 0 aliphatic rings. The lowest BCUT2D eigenvalue weighted by Crippen LogP contribution is -2.30. The molecule has 0 aliphatic heterocycles. The minimum absolute atomic E-state index is 0.0382. The average molecular weight is 435 g/mol. The van der Waals surface area contributed by atoms with Gasteiger partial charge in [-0.2, -0.15) is 0 Å². The third-order valence-electron chi connectivity index (χ3n) is 4.16. The third kappa shape index (κ3) is 6.57. The summed E-state index contributed by atoms with van der Waals surface area (Å²) in [5.74, 6) is -0.849. The van der Waals surface area contributed by atoms with Crippen molar-refractivity contribution >= 4 is 33.3 Å². The van der Waals surface area contributed by atoms with Crippen LogP contribution >= 0.6 is 0 Å². The van der Waals surface area contributed by atoms with E-state index < -0.39 is 16.0 Å². The van der Waals surface area contributed by atoms with Crippen LogP contribution in [0.3, 0.4) is 0 Å². The van der Waals surface area contributed by atoms with Crippen LogP contribution in [-0.2, 0) is 29.1 Å². The topological polar surface area (TPSA) is 102 Å². The maximum atomic E-state index is 13.0. The van der Waals surface area contributed by atoms with Gasteiger partial charge >= 0.3 is 5.97 Å². The van der Waals surface area contributed by atoms with Crippen molar-refractivity contribution in [1.29, 1.82) is 0 Å². The first-order valence-corrected chi connectivity index (χ1v) is 10.9. The van der Waals surface area contributed by atoms with Crippen molar-refractivity contribution in [3.63, 3.8) is 0 Å². The number of hydrogen-bond donors (Lipinski definition) is 1. The minimum Gasteiger partial charge on any atom is -0.463 e. The molecule has 0 saturated carbocycles. The molecule has 0 heterocycles. The van der Waals surface area contributed by atoms with Gasteiger partial charge in [0, 0.05) is 25.8 Å². The first kappa shape index (κ1) is 23.4. The van der Waals surface area contributed by atoms with E-state index in [4.69, 9.17) is 9.47 Å². The molecular weight excluding hydrogens is 408 g/mol. The summed E-state index contributed by atoms with van der Waals surface area (Å²) in [6, 6.07) is 14.7. The number of hydrogen-bond acceptors (Lipinski definition) is 6. The van der Waals surface area contributed by atoms with Gasteiger partial charge in [-0.3, -0.25) is 13.9 Å². The lowest BCUT2D eigenvalue weighted by molar-refractivity contribution is -0.145. The summed E-state index contributed by atoms with van der Waals surface area (Å²) in [4.78, 5) is 23.6. The summed E-state index contributed by atoms with van der Waals surface area (Å²) in [7, 11) is -2.23. The van der Waals surface area contributed by atoms with Crippen molar-refractivity contribution in [3.8, 4) is 0 Å². The van der Waals surface area contributed by atoms with E-state index >= 15 is 0 Å². The van der Waals surface area contributed by atoms with E-state index in [2.05, 4.69) is 5.32 Å². The highest BCUT2D eigenvalue weighted by Crippen LogP contribution is 2.24.